The molecule has 0 atom stereocenters. The molecule has 5 nitrogen and oxygen atoms in total. The zero-order valence-electron chi connectivity index (χ0n) is 10.6. The molecule has 1 aromatic carbocycles. The summed E-state index contributed by atoms with van der Waals surface area (Å²) in [5.74, 6) is 1.06. The molecule has 0 radical (unpaired) electrons. The number of nitrogens with zero attached hydrogens (tertiary/aromatic N) is 2. The van der Waals surface area contributed by atoms with Crippen molar-refractivity contribution in [2.75, 3.05) is 0 Å². The van der Waals surface area contributed by atoms with Gasteiger partial charge in [-0.3, -0.25) is 0 Å². The average molecular weight is 342 g/mol. The molecule has 0 bridgehead atoms. The first-order valence-corrected chi connectivity index (χ1v) is 7.06. The van der Waals surface area contributed by atoms with Crippen LogP contribution in [-0.2, 0) is 12.1 Å². The first-order chi connectivity index (χ1) is 9.57. The first-order valence-electron chi connectivity index (χ1n) is 6.27. The summed E-state index contributed by atoms with van der Waals surface area (Å²) in [7, 11) is 0. The Labute approximate surface area is 123 Å². The zero-order chi connectivity index (χ0) is 14.2. The smallest absolute Gasteiger partial charge is 0.264 e. The predicted octanol–water partition coefficient (Wildman–Crippen LogP) is 2.89. The Bertz CT molecular complexity index is 628. The van der Waals surface area contributed by atoms with Crippen LogP contribution < -0.4 is 10.5 Å². The number of halogens is 2. The van der Waals surface area contributed by atoms with Crippen LogP contribution in [0.4, 0.5) is 4.39 Å². The van der Waals surface area contributed by atoms with Gasteiger partial charge in [0.2, 0.25) is 0 Å². The first kappa shape index (κ1) is 13.5. The second-order valence-electron chi connectivity index (χ2n) is 4.88. The van der Waals surface area contributed by atoms with Gasteiger partial charge < -0.3 is 15.0 Å². The molecule has 1 aromatic heterocycles. The summed E-state index contributed by atoms with van der Waals surface area (Å²) < 4.78 is 24.1. The van der Waals surface area contributed by atoms with E-state index in [2.05, 4.69) is 26.1 Å². The van der Waals surface area contributed by atoms with Gasteiger partial charge in [-0.15, -0.1) is 0 Å². The molecule has 0 spiro atoms. The Morgan fingerprint density at radius 1 is 1.45 bits per heavy atom. The molecule has 1 fully saturated rings. The Morgan fingerprint density at radius 3 is 2.90 bits per heavy atom. The summed E-state index contributed by atoms with van der Waals surface area (Å²) >= 11 is 3.23. The van der Waals surface area contributed by atoms with Crippen LogP contribution in [0, 0.1) is 5.82 Å². The largest absolute Gasteiger partial charge is 0.483 e. The van der Waals surface area contributed by atoms with E-state index in [1.54, 1.807) is 0 Å². The molecule has 1 saturated carbocycles. The molecule has 3 rings (SSSR count). The van der Waals surface area contributed by atoms with Gasteiger partial charge in [0.25, 0.3) is 5.89 Å². The van der Waals surface area contributed by atoms with E-state index in [1.807, 2.05) is 0 Å². The standard InChI is InChI=1S/C13H13BrFN3O2/c14-9-6-8(15)2-3-10(9)19-7-11-17-12(18-20-11)13(16)4-1-5-13/h2-3,6H,1,4-5,7,16H2. The fourth-order valence-electron chi connectivity index (χ4n) is 2.03. The highest BCUT2D eigenvalue weighted by Gasteiger charge is 2.38. The second kappa shape index (κ2) is 5.14. The molecule has 20 heavy (non-hydrogen) atoms. The summed E-state index contributed by atoms with van der Waals surface area (Å²) in [6, 6.07) is 4.19. The third kappa shape index (κ3) is 2.55. The highest BCUT2D eigenvalue weighted by molar-refractivity contribution is 9.10. The summed E-state index contributed by atoms with van der Waals surface area (Å²) in [5, 5.41) is 3.90. The summed E-state index contributed by atoms with van der Waals surface area (Å²) in [6.45, 7) is 0.118. The fraction of sp³-hybridized carbons (Fsp3) is 0.385. The van der Waals surface area contributed by atoms with Crippen molar-refractivity contribution in [2.45, 2.75) is 31.4 Å². The Kier molecular flexibility index (Phi) is 3.47. The lowest BCUT2D eigenvalue weighted by Gasteiger charge is -2.34. The summed E-state index contributed by atoms with van der Waals surface area (Å²) in [5.41, 5.74) is 5.66. The quantitative estimate of drug-likeness (QED) is 0.925. The van der Waals surface area contributed by atoms with Crippen molar-refractivity contribution in [3.8, 4) is 5.75 Å². The third-order valence-corrected chi connectivity index (χ3v) is 4.02. The van der Waals surface area contributed by atoms with Gasteiger partial charge in [-0.25, -0.2) is 4.39 Å². The summed E-state index contributed by atoms with van der Waals surface area (Å²) in [4.78, 5) is 4.25. The lowest BCUT2D eigenvalue weighted by molar-refractivity contribution is 0.222. The van der Waals surface area contributed by atoms with E-state index < -0.39 is 5.54 Å². The van der Waals surface area contributed by atoms with Crippen LogP contribution >= 0.6 is 15.9 Å². The Hall–Kier alpha value is -1.47. The van der Waals surface area contributed by atoms with Gasteiger partial charge in [-0.2, -0.15) is 4.98 Å². The fourth-order valence-corrected chi connectivity index (χ4v) is 2.49. The van der Waals surface area contributed by atoms with Gasteiger partial charge in [-0.1, -0.05) is 5.16 Å². The van der Waals surface area contributed by atoms with E-state index in [9.17, 15) is 4.39 Å². The molecule has 106 valence electrons. The maximum absolute atomic E-state index is 13.0. The van der Waals surface area contributed by atoms with Crippen LogP contribution in [0.25, 0.3) is 0 Å². The number of hydrogen-bond donors (Lipinski definition) is 1. The predicted molar refractivity (Wildman–Crippen MR) is 72.4 cm³/mol. The van der Waals surface area contributed by atoms with E-state index in [1.165, 1.54) is 18.2 Å². The van der Waals surface area contributed by atoms with Gasteiger partial charge in [0.05, 0.1) is 10.0 Å². The van der Waals surface area contributed by atoms with Crippen LogP contribution in [0.2, 0.25) is 0 Å². The molecule has 1 aliphatic rings. The molecule has 0 amide bonds. The number of aromatic nitrogens is 2. The third-order valence-electron chi connectivity index (χ3n) is 3.40. The van der Waals surface area contributed by atoms with Crippen molar-refractivity contribution in [3.05, 3.63) is 40.2 Å². The minimum Gasteiger partial charge on any atom is -0.483 e. The van der Waals surface area contributed by atoms with Crippen molar-refractivity contribution in [1.29, 1.82) is 0 Å². The van der Waals surface area contributed by atoms with Crippen molar-refractivity contribution in [2.24, 2.45) is 5.73 Å². The molecule has 0 unspecified atom stereocenters. The molecular weight excluding hydrogens is 329 g/mol. The molecule has 1 aliphatic carbocycles. The van der Waals surface area contributed by atoms with Gasteiger partial charge in [0, 0.05) is 0 Å². The summed E-state index contributed by atoms with van der Waals surface area (Å²) in [6.07, 6.45) is 2.83. The number of benzene rings is 1. The highest BCUT2D eigenvalue weighted by atomic mass is 79.9. The van der Waals surface area contributed by atoms with Crippen LogP contribution in [0.1, 0.15) is 31.0 Å². The number of rotatable bonds is 4. The zero-order valence-corrected chi connectivity index (χ0v) is 12.2. The van der Waals surface area contributed by atoms with E-state index in [0.29, 0.717) is 21.9 Å². The molecule has 2 aromatic rings. The van der Waals surface area contributed by atoms with Crippen LogP contribution in [-0.4, -0.2) is 10.1 Å². The van der Waals surface area contributed by atoms with Gasteiger partial charge in [-0.05, 0) is 53.4 Å². The van der Waals surface area contributed by atoms with E-state index >= 15 is 0 Å². The molecule has 0 aliphatic heterocycles. The molecule has 0 saturated heterocycles. The normalized spacial score (nSPS) is 16.8. The second-order valence-corrected chi connectivity index (χ2v) is 5.74. The van der Waals surface area contributed by atoms with Crippen LogP contribution in [0.5, 0.6) is 5.75 Å². The lowest BCUT2D eigenvalue weighted by atomic mass is 9.77. The van der Waals surface area contributed by atoms with Crippen molar-refractivity contribution in [1.82, 2.24) is 10.1 Å². The number of hydrogen-bond acceptors (Lipinski definition) is 5. The maximum Gasteiger partial charge on any atom is 0.264 e. The van der Waals surface area contributed by atoms with Crippen molar-refractivity contribution < 1.29 is 13.7 Å². The highest BCUT2D eigenvalue weighted by Crippen LogP contribution is 2.37. The number of ether oxygens (including phenoxy) is 1. The van der Waals surface area contributed by atoms with Crippen LogP contribution in [0.3, 0.4) is 0 Å². The van der Waals surface area contributed by atoms with E-state index in [0.717, 1.165) is 19.3 Å². The van der Waals surface area contributed by atoms with Crippen molar-refractivity contribution in [3.63, 3.8) is 0 Å². The van der Waals surface area contributed by atoms with Gasteiger partial charge >= 0.3 is 0 Å². The molecule has 1 heterocycles. The van der Waals surface area contributed by atoms with E-state index in [-0.39, 0.29) is 12.4 Å². The minimum atomic E-state index is -0.446. The maximum atomic E-state index is 13.0. The molecule has 2 N–H and O–H groups in total. The van der Waals surface area contributed by atoms with Crippen LogP contribution in [0.15, 0.2) is 27.2 Å². The van der Waals surface area contributed by atoms with Gasteiger partial charge in [0.15, 0.2) is 12.4 Å². The molecule has 7 heteroatoms. The average Bonchev–Trinajstić information content (AvgIpc) is 2.84. The lowest BCUT2D eigenvalue weighted by Crippen LogP contribution is -2.44. The Balaban J connectivity index is 1.66. The number of nitrogens with two attached hydrogens (primary N) is 1. The van der Waals surface area contributed by atoms with E-state index in [4.69, 9.17) is 15.0 Å². The monoisotopic (exact) mass is 341 g/mol. The SMILES string of the molecule is NC1(c2noc(COc3ccc(F)cc3Br)n2)CCC1. The minimum absolute atomic E-state index is 0.118. The van der Waals surface area contributed by atoms with Crippen molar-refractivity contribution >= 4 is 15.9 Å². The Morgan fingerprint density at radius 2 is 2.25 bits per heavy atom. The van der Waals surface area contributed by atoms with Gasteiger partial charge in [0.1, 0.15) is 11.6 Å². The molecular formula is C13H13BrFN3O2. The topological polar surface area (TPSA) is 74.2 Å².